The molecule has 0 aliphatic carbocycles. The summed E-state index contributed by atoms with van der Waals surface area (Å²) in [7, 11) is 0. The number of ether oxygens (including phenoxy) is 1. The van der Waals surface area contributed by atoms with E-state index in [1.54, 1.807) is 0 Å². The zero-order chi connectivity index (χ0) is 9.86. The fraction of sp³-hybridized carbons (Fsp3) is 1.00. The van der Waals surface area contributed by atoms with E-state index >= 15 is 0 Å². The van der Waals surface area contributed by atoms with Crippen LogP contribution in [0.15, 0.2) is 0 Å². The second kappa shape index (κ2) is 4.60. The Balaban J connectivity index is 1.89. The summed E-state index contributed by atoms with van der Waals surface area (Å²) in [5, 5.41) is 12.9. The normalized spacial score (nSPS) is 31.9. The topological polar surface area (TPSA) is 41.5 Å². The van der Waals surface area contributed by atoms with Gasteiger partial charge in [0, 0.05) is 13.2 Å². The summed E-state index contributed by atoms with van der Waals surface area (Å²) < 4.78 is 5.65. The molecule has 0 saturated carbocycles. The highest BCUT2D eigenvalue weighted by Gasteiger charge is 2.35. The van der Waals surface area contributed by atoms with Gasteiger partial charge in [-0.05, 0) is 50.6 Å². The first-order chi connectivity index (χ1) is 6.85. The summed E-state index contributed by atoms with van der Waals surface area (Å²) >= 11 is 0. The Bertz CT molecular complexity index is 172. The quantitative estimate of drug-likeness (QED) is 0.710. The lowest BCUT2D eigenvalue weighted by molar-refractivity contribution is 0.0132. The Kier molecular flexibility index (Phi) is 3.42. The number of aliphatic hydroxyl groups excluding tert-OH is 1. The number of hydrogen-bond donors (Lipinski definition) is 2. The van der Waals surface area contributed by atoms with Gasteiger partial charge in [-0.25, -0.2) is 0 Å². The Morgan fingerprint density at radius 1 is 1.36 bits per heavy atom. The van der Waals surface area contributed by atoms with Gasteiger partial charge in [0.2, 0.25) is 0 Å². The smallest absolute Gasteiger partial charge is 0.0582 e. The standard InChI is InChI=1S/C11H21NO2/c13-9-11(3-5-12-6-4-11)8-10-2-1-7-14-10/h10,12-13H,1-9H2. The predicted octanol–water partition coefficient (Wildman–Crippen LogP) is 0.918. The molecule has 14 heavy (non-hydrogen) atoms. The van der Waals surface area contributed by atoms with Crippen molar-refractivity contribution in [2.75, 3.05) is 26.3 Å². The molecule has 0 spiro atoms. The molecule has 2 aliphatic heterocycles. The maximum absolute atomic E-state index is 9.52. The van der Waals surface area contributed by atoms with Crippen LogP contribution in [0.2, 0.25) is 0 Å². The molecule has 3 heteroatoms. The van der Waals surface area contributed by atoms with E-state index in [4.69, 9.17) is 4.74 Å². The molecule has 2 aliphatic rings. The molecule has 82 valence electrons. The zero-order valence-corrected chi connectivity index (χ0v) is 8.80. The van der Waals surface area contributed by atoms with Gasteiger partial charge < -0.3 is 15.2 Å². The van der Waals surface area contributed by atoms with Crippen molar-refractivity contribution >= 4 is 0 Å². The molecule has 0 radical (unpaired) electrons. The van der Waals surface area contributed by atoms with E-state index in [1.807, 2.05) is 0 Å². The van der Waals surface area contributed by atoms with E-state index in [9.17, 15) is 5.11 Å². The second-order valence-corrected chi connectivity index (χ2v) is 4.75. The molecule has 2 fully saturated rings. The predicted molar refractivity (Wildman–Crippen MR) is 55.2 cm³/mol. The van der Waals surface area contributed by atoms with Crippen LogP contribution in [0.5, 0.6) is 0 Å². The van der Waals surface area contributed by atoms with Crippen molar-refractivity contribution in [3.8, 4) is 0 Å². The summed E-state index contributed by atoms with van der Waals surface area (Å²) in [6.45, 7) is 3.35. The zero-order valence-electron chi connectivity index (χ0n) is 8.80. The lowest BCUT2D eigenvalue weighted by Gasteiger charge is -2.37. The minimum atomic E-state index is 0.153. The van der Waals surface area contributed by atoms with Gasteiger partial charge in [-0.2, -0.15) is 0 Å². The molecule has 2 rings (SSSR count). The van der Waals surface area contributed by atoms with Gasteiger partial charge in [0.25, 0.3) is 0 Å². The Morgan fingerprint density at radius 2 is 2.14 bits per heavy atom. The molecule has 1 atom stereocenters. The molecule has 3 nitrogen and oxygen atoms in total. The monoisotopic (exact) mass is 199 g/mol. The van der Waals surface area contributed by atoms with Crippen LogP contribution in [0.3, 0.4) is 0 Å². The third kappa shape index (κ3) is 2.27. The van der Waals surface area contributed by atoms with Gasteiger partial charge in [-0.1, -0.05) is 0 Å². The average molecular weight is 199 g/mol. The van der Waals surface area contributed by atoms with Crippen LogP contribution in [-0.2, 0) is 4.74 Å². The van der Waals surface area contributed by atoms with Gasteiger partial charge in [-0.3, -0.25) is 0 Å². The molecule has 2 saturated heterocycles. The molecular weight excluding hydrogens is 178 g/mol. The number of nitrogens with one attached hydrogen (secondary N) is 1. The minimum Gasteiger partial charge on any atom is -0.396 e. The fourth-order valence-corrected chi connectivity index (χ4v) is 2.67. The van der Waals surface area contributed by atoms with E-state index in [0.29, 0.717) is 12.7 Å². The van der Waals surface area contributed by atoms with Crippen molar-refractivity contribution in [1.29, 1.82) is 0 Å². The van der Waals surface area contributed by atoms with Crippen LogP contribution in [0.25, 0.3) is 0 Å². The molecule has 1 unspecified atom stereocenters. The highest BCUT2D eigenvalue weighted by atomic mass is 16.5. The second-order valence-electron chi connectivity index (χ2n) is 4.75. The lowest BCUT2D eigenvalue weighted by Crippen LogP contribution is -2.41. The van der Waals surface area contributed by atoms with Crippen molar-refractivity contribution in [2.24, 2.45) is 5.41 Å². The molecular formula is C11H21NO2. The largest absolute Gasteiger partial charge is 0.396 e. The first-order valence-corrected chi connectivity index (χ1v) is 5.78. The Morgan fingerprint density at radius 3 is 2.71 bits per heavy atom. The molecule has 2 heterocycles. The molecule has 0 aromatic carbocycles. The Labute approximate surface area is 85.8 Å². The van der Waals surface area contributed by atoms with Crippen LogP contribution in [-0.4, -0.2) is 37.5 Å². The summed E-state index contributed by atoms with van der Waals surface area (Å²) in [6, 6.07) is 0. The third-order valence-electron chi connectivity index (χ3n) is 3.68. The minimum absolute atomic E-state index is 0.153. The fourth-order valence-electron chi connectivity index (χ4n) is 2.67. The van der Waals surface area contributed by atoms with Gasteiger partial charge in [0.15, 0.2) is 0 Å². The van der Waals surface area contributed by atoms with Crippen LogP contribution < -0.4 is 5.32 Å². The first-order valence-electron chi connectivity index (χ1n) is 5.78. The van der Waals surface area contributed by atoms with Gasteiger partial charge in [0.1, 0.15) is 0 Å². The van der Waals surface area contributed by atoms with Crippen molar-refractivity contribution in [3.05, 3.63) is 0 Å². The van der Waals surface area contributed by atoms with Crippen LogP contribution in [0, 0.1) is 5.41 Å². The van der Waals surface area contributed by atoms with Gasteiger partial charge >= 0.3 is 0 Å². The molecule has 0 aromatic heterocycles. The van der Waals surface area contributed by atoms with Crippen molar-refractivity contribution in [3.63, 3.8) is 0 Å². The highest BCUT2D eigenvalue weighted by Crippen LogP contribution is 2.36. The SMILES string of the molecule is OCC1(CC2CCCO2)CCNCC1. The van der Waals surface area contributed by atoms with Crippen LogP contribution >= 0.6 is 0 Å². The maximum Gasteiger partial charge on any atom is 0.0582 e. The summed E-state index contributed by atoms with van der Waals surface area (Å²) in [5.41, 5.74) is 0.153. The van der Waals surface area contributed by atoms with Crippen molar-refractivity contribution < 1.29 is 9.84 Å². The first kappa shape index (κ1) is 10.4. The summed E-state index contributed by atoms with van der Waals surface area (Å²) in [6.07, 6.45) is 6.07. The van der Waals surface area contributed by atoms with E-state index in [1.165, 1.54) is 12.8 Å². The number of hydrogen-bond acceptors (Lipinski definition) is 3. The van der Waals surface area contributed by atoms with Crippen LogP contribution in [0.1, 0.15) is 32.1 Å². The van der Waals surface area contributed by atoms with E-state index in [-0.39, 0.29) is 5.41 Å². The summed E-state index contributed by atoms with van der Waals surface area (Å²) in [4.78, 5) is 0. The number of aliphatic hydroxyl groups is 1. The van der Waals surface area contributed by atoms with Crippen molar-refractivity contribution in [2.45, 2.75) is 38.2 Å². The highest BCUT2D eigenvalue weighted by molar-refractivity contribution is 4.87. The van der Waals surface area contributed by atoms with Gasteiger partial charge in [0.05, 0.1) is 6.10 Å². The number of piperidine rings is 1. The average Bonchev–Trinajstić information content (AvgIpc) is 2.72. The lowest BCUT2D eigenvalue weighted by atomic mass is 9.75. The van der Waals surface area contributed by atoms with Crippen LogP contribution in [0.4, 0.5) is 0 Å². The number of rotatable bonds is 3. The van der Waals surface area contributed by atoms with E-state index in [0.717, 1.165) is 39.0 Å². The van der Waals surface area contributed by atoms with E-state index < -0.39 is 0 Å². The summed E-state index contributed by atoms with van der Waals surface area (Å²) in [5.74, 6) is 0. The molecule has 0 bridgehead atoms. The Hall–Kier alpha value is -0.120. The third-order valence-corrected chi connectivity index (χ3v) is 3.68. The molecule has 0 amide bonds. The van der Waals surface area contributed by atoms with Gasteiger partial charge in [-0.15, -0.1) is 0 Å². The maximum atomic E-state index is 9.52. The molecule has 0 aromatic rings. The van der Waals surface area contributed by atoms with E-state index in [2.05, 4.69) is 5.32 Å². The van der Waals surface area contributed by atoms with Crippen molar-refractivity contribution in [1.82, 2.24) is 5.32 Å². The molecule has 2 N–H and O–H groups in total.